The fraction of sp³-hybridized carbons (Fsp3) is 0.588. The Kier molecular flexibility index (Phi) is 8.19. The van der Waals surface area contributed by atoms with Gasteiger partial charge < -0.3 is 10.2 Å². The molecule has 136 valence electrons. The lowest BCUT2D eigenvalue weighted by Gasteiger charge is -2.32. The van der Waals surface area contributed by atoms with E-state index in [1.165, 1.54) is 6.26 Å². The molecule has 24 heavy (non-hydrogen) atoms. The number of carbonyl (C=O) groups is 1. The second kappa shape index (κ2) is 9.39. The summed E-state index contributed by atoms with van der Waals surface area (Å²) in [6.45, 7) is 2.58. The van der Waals surface area contributed by atoms with Crippen molar-refractivity contribution < 1.29 is 13.2 Å². The minimum Gasteiger partial charge on any atom is -0.339 e. The van der Waals surface area contributed by atoms with Crippen LogP contribution in [0.15, 0.2) is 24.3 Å². The predicted molar refractivity (Wildman–Crippen MR) is 99.4 cm³/mol. The van der Waals surface area contributed by atoms with E-state index in [2.05, 4.69) is 5.32 Å². The van der Waals surface area contributed by atoms with Crippen molar-refractivity contribution in [1.29, 1.82) is 0 Å². The molecule has 1 saturated heterocycles. The summed E-state index contributed by atoms with van der Waals surface area (Å²) in [5.74, 6) is 0.663. The topological polar surface area (TPSA) is 66.5 Å². The molecule has 1 heterocycles. The minimum absolute atomic E-state index is 0. The maximum Gasteiger partial charge on any atom is 0.253 e. The van der Waals surface area contributed by atoms with Crippen molar-refractivity contribution in [2.24, 2.45) is 5.92 Å². The van der Waals surface area contributed by atoms with Crippen molar-refractivity contribution in [2.45, 2.75) is 25.0 Å². The smallest absolute Gasteiger partial charge is 0.253 e. The molecule has 0 aromatic heterocycles. The first-order valence-electron chi connectivity index (χ1n) is 8.09. The molecule has 1 aromatic rings. The Balaban J connectivity index is 0.00000288. The molecule has 0 unspecified atom stereocenters. The summed E-state index contributed by atoms with van der Waals surface area (Å²) in [6.07, 6.45) is 4.44. The molecule has 1 N–H and O–H groups in total. The Morgan fingerprint density at radius 3 is 2.54 bits per heavy atom. The SMILES string of the molecule is CNCCC1CCN(C(=O)c2cccc(CS(C)(=O)=O)c2)CC1.Cl. The molecule has 0 saturated carbocycles. The molecule has 1 aromatic carbocycles. The van der Waals surface area contributed by atoms with Gasteiger partial charge in [-0.05, 0) is 56.5 Å². The van der Waals surface area contributed by atoms with Crippen LogP contribution in [0.5, 0.6) is 0 Å². The number of benzene rings is 1. The summed E-state index contributed by atoms with van der Waals surface area (Å²) >= 11 is 0. The second-order valence-corrected chi connectivity index (χ2v) is 8.54. The van der Waals surface area contributed by atoms with Gasteiger partial charge in [0.25, 0.3) is 5.91 Å². The Morgan fingerprint density at radius 1 is 1.29 bits per heavy atom. The summed E-state index contributed by atoms with van der Waals surface area (Å²) in [4.78, 5) is 14.5. The van der Waals surface area contributed by atoms with E-state index in [1.54, 1.807) is 24.3 Å². The van der Waals surface area contributed by atoms with Gasteiger partial charge in [-0.3, -0.25) is 4.79 Å². The number of amides is 1. The lowest BCUT2D eigenvalue weighted by molar-refractivity contribution is 0.0687. The number of carbonyl (C=O) groups excluding carboxylic acids is 1. The highest BCUT2D eigenvalue weighted by Gasteiger charge is 2.23. The summed E-state index contributed by atoms with van der Waals surface area (Å²) in [6, 6.07) is 6.98. The van der Waals surface area contributed by atoms with Crippen LogP contribution in [0.4, 0.5) is 0 Å². The lowest BCUT2D eigenvalue weighted by Crippen LogP contribution is -2.39. The van der Waals surface area contributed by atoms with Gasteiger partial charge in [-0.25, -0.2) is 8.42 Å². The Bertz CT molecular complexity index is 641. The van der Waals surface area contributed by atoms with Gasteiger partial charge in [0.2, 0.25) is 0 Å². The molecule has 1 aliphatic rings. The Morgan fingerprint density at radius 2 is 1.96 bits per heavy atom. The zero-order chi connectivity index (χ0) is 16.9. The van der Waals surface area contributed by atoms with E-state index in [9.17, 15) is 13.2 Å². The van der Waals surface area contributed by atoms with E-state index in [0.717, 1.165) is 38.9 Å². The van der Waals surface area contributed by atoms with Gasteiger partial charge in [0.1, 0.15) is 0 Å². The molecule has 7 heteroatoms. The molecule has 0 atom stereocenters. The number of hydrogen-bond acceptors (Lipinski definition) is 4. The number of hydrogen-bond donors (Lipinski definition) is 1. The molecular weight excluding hydrogens is 348 g/mol. The highest BCUT2D eigenvalue weighted by atomic mass is 35.5. The van der Waals surface area contributed by atoms with E-state index >= 15 is 0 Å². The third-order valence-corrected chi connectivity index (χ3v) is 5.16. The molecule has 1 fully saturated rings. The fourth-order valence-corrected chi connectivity index (χ4v) is 3.84. The van der Waals surface area contributed by atoms with Crippen molar-refractivity contribution >= 4 is 28.2 Å². The number of nitrogens with zero attached hydrogens (tertiary/aromatic N) is 1. The summed E-state index contributed by atoms with van der Waals surface area (Å²) < 4.78 is 22.8. The van der Waals surface area contributed by atoms with Crippen LogP contribution >= 0.6 is 12.4 Å². The first-order valence-corrected chi connectivity index (χ1v) is 10.2. The average molecular weight is 375 g/mol. The Hall–Kier alpha value is -1.11. The van der Waals surface area contributed by atoms with E-state index in [1.807, 2.05) is 11.9 Å². The highest BCUT2D eigenvalue weighted by Crippen LogP contribution is 2.22. The molecule has 2 rings (SSSR count). The average Bonchev–Trinajstić information content (AvgIpc) is 2.51. The van der Waals surface area contributed by atoms with Crippen molar-refractivity contribution in [3.05, 3.63) is 35.4 Å². The number of rotatable bonds is 6. The highest BCUT2D eigenvalue weighted by molar-refractivity contribution is 7.89. The van der Waals surface area contributed by atoms with Crippen molar-refractivity contribution in [1.82, 2.24) is 10.2 Å². The number of likely N-dealkylation sites (tertiary alicyclic amines) is 1. The van der Waals surface area contributed by atoms with Gasteiger partial charge in [-0.15, -0.1) is 12.4 Å². The van der Waals surface area contributed by atoms with Crippen LogP contribution in [0.25, 0.3) is 0 Å². The Labute approximate surface area is 151 Å². The summed E-state index contributed by atoms with van der Waals surface area (Å²) in [7, 11) is -1.13. The van der Waals surface area contributed by atoms with E-state index < -0.39 is 9.84 Å². The van der Waals surface area contributed by atoms with Crippen molar-refractivity contribution in [3.63, 3.8) is 0 Å². The first kappa shape index (κ1) is 20.9. The normalized spacial score (nSPS) is 15.8. The molecular formula is C17H27ClN2O3S. The third-order valence-electron chi connectivity index (χ3n) is 4.31. The zero-order valence-corrected chi connectivity index (χ0v) is 16.0. The molecule has 5 nitrogen and oxygen atoms in total. The van der Waals surface area contributed by atoms with Crippen LogP contribution in [-0.4, -0.2) is 52.2 Å². The molecule has 0 radical (unpaired) electrons. The van der Waals surface area contributed by atoms with Crippen molar-refractivity contribution in [2.75, 3.05) is 32.9 Å². The number of halogens is 1. The van der Waals surface area contributed by atoms with Crippen LogP contribution < -0.4 is 5.32 Å². The van der Waals surface area contributed by atoms with Gasteiger partial charge in [0.05, 0.1) is 5.75 Å². The molecule has 0 spiro atoms. The maximum atomic E-state index is 12.6. The zero-order valence-electron chi connectivity index (χ0n) is 14.3. The predicted octanol–water partition coefficient (Wildman–Crippen LogP) is 2.11. The molecule has 0 aliphatic carbocycles. The number of nitrogens with one attached hydrogen (secondary N) is 1. The van der Waals surface area contributed by atoms with Crippen LogP contribution in [0.1, 0.15) is 35.2 Å². The summed E-state index contributed by atoms with van der Waals surface area (Å²) in [5.41, 5.74) is 1.25. The van der Waals surface area contributed by atoms with Crippen LogP contribution in [-0.2, 0) is 15.6 Å². The van der Waals surface area contributed by atoms with Gasteiger partial charge >= 0.3 is 0 Å². The number of piperidine rings is 1. The van der Waals surface area contributed by atoms with E-state index in [0.29, 0.717) is 17.0 Å². The molecule has 1 aliphatic heterocycles. The largest absolute Gasteiger partial charge is 0.339 e. The van der Waals surface area contributed by atoms with Gasteiger partial charge in [-0.1, -0.05) is 12.1 Å². The lowest BCUT2D eigenvalue weighted by atomic mass is 9.93. The number of sulfone groups is 1. The maximum absolute atomic E-state index is 12.6. The van der Waals surface area contributed by atoms with Crippen molar-refractivity contribution in [3.8, 4) is 0 Å². The minimum atomic E-state index is -3.09. The van der Waals surface area contributed by atoms with Crippen LogP contribution in [0.3, 0.4) is 0 Å². The van der Waals surface area contributed by atoms with Crippen LogP contribution in [0.2, 0.25) is 0 Å². The summed E-state index contributed by atoms with van der Waals surface area (Å²) in [5, 5.41) is 3.17. The monoisotopic (exact) mass is 374 g/mol. The second-order valence-electron chi connectivity index (χ2n) is 6.40. The molecule has 1 amide bonds. The van der Waals surface area contributed by atoms with E-state index in [-0.39, 0.29) is 24.1 Å². The van der Waals surface area contributed by atoms with Gasteiger partial charge in [-0.2, -0.15) is 0 Å². The third kappa shape index (κ3) is 6.42. The van der Waals surface area contributed by atoms with Gasteiger partial charge in [0, 0.05) is 24.9 Å². The quantitative estimate of drug-likeness (QED) is 0.828. The first-order chi connectivity index (χ1) is 10.9. The fourth-order valence-electron chi connectivity index (χ4n) is 3.05. The van der Waals surface area contributed by atoms with Gasteiger partial charge in [0.15, 0.2) is 9.84 Å². The standard InChI is InChI=1S/C17H26N2O3S.ClH/c1-18-9-6-14-7-10-19(11-8-14)17(20)16-5-3-4-15(12-16)13-23(2,21)22;/h3-5,12,14,18H,6-11,13H2,1-2H3;1H. The van der Waals surface area contributed by atoms with Crippen LogP contribution in [0, 0.1) is 5.92 Å². The molecule has 0 bridgehead atoms. The van der Waals surface area contributed by atoms with E-state index in [4.69, 9.17) is 0 Å².